The number of hydrogen-bond acceptors (Lipinski definition) is 4. The highest BCUT2D eigenvalue weighted by Gasteiger charge is 2.31. The third-order valence-electron chi connectivity index (χ3n) is 3.58. The van der Waals surface area contributed by atoms with Gasteiger partial charge in [-0.15, -0.1) is 0 Å². The van der Waals surface area contributed by atoms with E-state index < -0.39 is 0 Å². The molecule has 4 nitrogen and oxygen atoms in total. The van der Waals surface area contributed by atoms with Gasteiger partial charge in [-0.2, -0.15) is 5.26 Å². The summed E-state index contributed by atoms with van der Waals surface area (Å²) < 4.78 is 6.36. The average molecular weight is 325 g/mol. The van der Waals surface area contributed by atoms with Crippen molar-refractivity contribution < 1.29 is 9.84 Å². The highest BCUT2D eigenvalue weighted by Crippen LogP contribution is 2.25. The van der Waals surface area contributed by atoms with Crippen LogP contribution >= 0.6 is 15.9 Å². The molecule has 0 spiro atoms. The Bertz CT molecular complexity index is 487. The van der Waals surface area contributed by atoms with Crippen molar-refractivity contribution >= 4 is 15.9 Å². The highest BCUT2D eigenvalue weighted by atomic mass is 79.9. The van der Waals surface area contributed by atoms with Gasteiger partial charge in [0.15, 0.2) is 0 Å². The Morgan fingerprint density at radius 1 is 1.58 bits per heavy atom. The number of hydrogen-bond donors (Lipinski definition) is 1. The van der Waals surface area contributed by atoms with Crippen molar-refractivity contribution in [2.24, 2.45) is 0 Å². The van der Waals surface area contributed by atoms with E-state index in [-0.39, 0.29) is 18.8 Å². The summed E-state index contributed by atoms with van der Waals surface area (Å²) in [6.07, 6.45) is 1.03. The topological polar surface area (TPSA) is 56.5 Å². The van der Waals surface area contributed by atoms with Crippen molar-refractivity contribution in [3.63, 3.8) is 0 Å². The molecule has 19 heavy (non-hydrogen) atoms. The maximum Gasteiger partial charge on any atom is 0.0991 e. The highest BCUT2D eigenvalue weighted by molar-refractivity contribution is 9.10. The Kier molecular flexibility index (Phi) is 4.94. The van der Waals surface area contributed by atoms with E-state index >= 15 is 0 Å². The molecular formula is C14H17BrN2O2. The van der Waals surface area contributed by atoms with Gasteiger partial charge in [0.1, 0.15) is 0 Å². The predicted octanol–water partition coefficient (Wildman–Crippen LogP) is 1.90. The van der Waals surface area contributed by atoms with Crippen molar-refractivity contribution in [3.8, 4) is 6.07 Å². The van der Waals surface area contributed by atoms with Gasteiger partial charge in [0, 0.05) is 30.7 Å². The summed E-state index contributed by atoms with van der Waals surface area (Å²) in [4.78, 5) is 2.20. The molecule has 1 N–H and O–H groups in total. The average Bonchev–Trinajstić information content (AvgIpc) is 2.83. The Balaban J connectivity index is 2.14. The molecule has 1 aromatic rings. The van der Waals surface area contributed by atoms with Crippen molar-refractivity contribution in [1.82, 2.24) is 4.90 Å². The third kappa shape index (κ3) is 3.34. The first kappa shape index (κ1) is 14.5. The largest absolute Gasteiger partial charge is 0.395 e. The Morgan fingerprint density at radius 3 is 3.00 bits per heavy atom. The van der Waals surface area contributed by atoms with Crippen LogP contribution < -0.4 is 0 Å². The Morgan fingerprint density at radius 2 is 2.37 bits per heavy atom. The van der Waals surface area contributed by atoms with Crippen LogP contribution in [0, 0.1) is 11.3 Å². The second kappa shape index (κ2) is 6.49. The molecule has 1 aliphatic heterocycles. The van der Waals surface area contributed by atoms with Gasteiger partial charge in [0.05, 0.1) is 24.3 Å². The van der Waals surface area contributed by atoms with Crippen molar-refractivity contribution in [1.29, 1.82) is 5.26 Å². The molecule has 0 aliphatic carbocycles. The Labute approximate surface area is 121 Å². The SMILES string of the molecule is CO[C@@H]1C[C@@H](CO)N(Cc2cc(C#N)ccc2Br)C1. The molecule has 2 atom stereocenters. The van der Waals surface area contributed by atoms with Gasteiger partial charge in [0.25, 0.3) is 0 Å². The molecule has 0 saturated carbocycles. The van der Waals surface area contributed by atoms with Crippen LogP contribution in [0.4, 0.5) is 0 Å². The number of aliphatic hydroxyl groups excluding tert-OH is 1. The lowest BCUT2D eigenvalue weighted by Gasteiger charge is -2.23. The first-order valence-electron chi connectivity index (χ1n) is 6.24. The van der Waals surface area contributed by atoms with Crippen LogP contribution in [0.15, 0.2) is 22.7 Å². The molecule has 1 heterocycles. The van der Waals surface area contributed by atoms with E-state index in [2.05, 4.69) is 26.9 Å². The summed E-state index contributed by atoms with van der Waals surface area (Å²) in [6, 6.07) is 7.85. The second-order valence-electron chi connectivity index (χ2n) is 4.78. The molecule has 1 aromatic carbocycles. The van der Waals surface area contributed by atoms with E-state index in [9.17, 15) is 5.11 Å². The monoisotopic (exact) mass is 324 g/mol. The molecule has 0 bridgehead atoms. The van der Waals surface area contributed by atoms with E-state index in [4.69, 9.17) is 10.00 Å². The first-order chi connectivity index (χ1) is 9.17. The number of methoxy groups -OCH3 is 1. The van der Waals surface area contributed by atoms with Gasteiger partial charge in [-0.05, 0) is 30.2 Å². The minimum atomic E-state index is 0.127. The van der Waals surface area contributed by atoms with Crippen LogP contribution in [-0.2, 0) is 11.3 Å². The van der Waals surface area contributed by atoms with Crippen LogP contribution in [-0.4, -0.2) is 42.4 Å². The number of rotatable bonds is 4. The van der Waals surface area contributed by atoms with E-state index in [0.29, 0.717) is 12.1 Å². The van der Waals surface area contributed by atoms with Crippen LogP contribution in [0.25, 0.3) is 0 Å². The van der Waals surface area contributed by atoms with Crippen molar-refractivity contribution in [2.75, 3.05) is 20.3 Å². The second-order valence-corrected chi connectivity index (χ2v) is 5.63. The molecule has 1 saturated heterocycles. The fraction of sp³-hybridized carbons (Fsp3) is 0.500. The van der Waals surface area contributed by atoms with Crippen LogP contribution in [0.3, 0.4) is 0 Å². The molecule has 2 rings (SSSR count). The summed E-state index contributed by atoms with van der Waals surface area (Å²) in [6.45, 7) is 1.65. The summed E-state index contributed by atoms with van der Waals surface area (Å²) in [5.74, 6) is 0. The molecule has 0 amide bonds. The fourth-order valence-corrected chi connectivity index (χ4v) is 2.85. The minimum Gasteiger partial charge on any atom is -0.395 e. The van der Waals surface area contributed by atoms with Crippen LogP contribution in [0.5, 0.6) is 0 Å². The van der Waals surface area contributed by atoms with Crippen LogP contribution in [0.2, 0.25) is 0 Å². The van der Waals surface area contributed by atoms with E-state index in [0.717, 1.165) is 23.0 Å². The van der Waals surface area contributed by atoms with E-state index in [1.807, 2.05) is 12.1 Å². The zero-order valence-electron chi connectivity index (χ0n) is 10.8. The summed E-state index contributed by atoms with van der Waals surface area (Å²) in [7, 11) is 1.70. The smallest absolute Gasteiger partial charge is 0.0991 e. The number of aliphatic hydroxyl groups is 1. The predicted molar refractivity (Wildman–Crippen MR) is 75.6 cm³/mol. The number of nitrogens with zero attached hydrogens (tertiary/aromatic N) is 2. The summed E-state index contributed by atoms with van der Waals surface area (Å²) >= 11 is 3.51. The lowest BCUT2D eigenvalue weighted by atomic mass is 10.1. The molecule has 5 heteroatoms. The lowest BCUT2D eigenvalue weighted by molar-refractivity contribution is 0.107. The van der Waals surface area contributed by atoms with Crippen LogP contribution in [0.1, 0.15) is 17.5 Å². The van der Waals surface area contributed by atoms with Gasteiger partial charge in [-0.1, -0.05) is 15.9 Å². The van der Waals surface area contributed by atoms with Gasteiger partial charge < -0.3 is 9.84 Å². The number of halogens is 1. The van der Waals surface area contributed by atoms with Crippen molar-refractivity contribution in [3.05, 3.63) is 33.8 Å². The summed E-state index contributed by atoms with van der Waals surface area (Å²) in [5.41, 5.74) is 1.72. The number of nitriles is 1. The van der Waals surface area contributed by atoms with E-state index in [1.165, 1.54) is 0 Å². The van der Waals surface area contributed by atoms with Gasteiger partial charge in [0.2, 0.25) is 0 Å². The number of ether oxygens (including phenoxy) is 1. The third-order valence-corrected chi connectivity index (χ3v) is 4.36. The van der Waals surface area contributed by atoms with Gasteiger partial charge in [-0.3, -0.25) is 4.90 Å². The minimum absolute atomic E-state index is 0.127. The molecule has 1 aliphatic rings. The Hall–Kier alpha value is -0.930. The molecule has 0 aromatic heterocycles. The maximum atomic E-state index is 9.44. The molecule has 0 unspecified atom stereocenters. The molecule has 0 radical (unpaired) electrons. The lowest BCUT2D eigenvalue weighted by Crippen LogP contribution is -2.32. The standard InChI is InChI=1S/C14H17BrN2O2/c1-19-13-5-12(9-18)17(8-13)7-11-4-10(6-16)2-3-14(11)15/h2-4,12-13,18H,5,7-9H2,1H3/t12-,13+/m0/s1. The molecular weight excluding hydrogens is 308 g/mol. The van der Waals surface area contributed by atoms with Crippen molar-refractivity contribution in [2.45, 2.75) is 25.1 Å². The molecule has 102 valence electrons. The zero-order valence-corrected chi connectivity index (χ0v) is 12.4. The normalized spacial score (nSPS) is 23.5. The van der Waals surface area contributed by atoms with Gasteiger partial charge >= 0.3 is 0 Å². The summed E-state index contributed by atoms with van der Waals surface area (Å²) in [5, 5.41) is 18.4. The zero-order chi connectivity index (χ0) is 13.8. The number of likely N-dealkylation sites (tertiary alicyclic amines) is 1. The number of benzene rings is 1. The maximum absolute atomic E-state index is 9.44. The fourth-order valence-electron chi connectivity index (χ4n) is 2.48. The first-order valence-corrected chi connectivity index (χ1v) is 7.03. The quantitative estimate of drug-likeness (QED) is 0.919. The molecule has 1 fully saturated rings. The van der Waals surface area contributed by atoms with Gasteiger partial charge in [-0.25, -0.2) is 0 Å². The van der Waals surface area contributed by atoms with E-state index in [1.54, 1.807) is 13.2 Å².